The Bertz CT molecular complexity index is 1240. The molecule has 1 aliphatic rings. The summed E-state index contributed by atoms with van der Waals surface area (Å²) >= 11 is 0. The quantitative estimate of drug-likeness (QED) is 0.520. The first-order chi connectivity index (χ1) is 15.0. The Labute approximate surface area is 188 Å². The number of carbonyl (C=O) groups is 1. The fourth-order valence-corrected chi connectivity index (χ4v) is 5.07. The molecule has 2 aromatic carbocycles. The number of amides is 1. The van der Waals surface area contributed by atoms with Crippen molar-refractivity contribution in [1.82, 2.24) is 10.0 Å². The number of carbonyl (C=O) groups excluding carboxylic acids is 1. The van der Waals surface area contributed by atoms with Crippen LogP contribution in [-0.2, 0) is 31.3 Å². The van der Waals surface area contributed by atoms with Gasteiger partial charge in [-0.25, -0.2) is 22.0 Å². The number of nitrogens with two attached hydrogens (primary N) is 1. The maximum atomic E-state index is 12.9. The Hall–Kier alpha value is -2.76. The van der Waals surface area contributed by atoms with E-state index in [4.69, 9.17) is 5.14 Å². The van der Waals surface area contributed by atoms with Crippen LogP contribution in [0, 0.1) is 5.92 Å². The van der Waals surface area contributed by atoms with Gasteiger partial charge < -0.3 is 5.32 Å². The monoisotopic (exact) mass is 478 g/mol. The van der Waals surface area contributed by atoms with Gasteiger partial charge in [0.15, 0.2) is 0 Å². The number of nitrogens with one attached hydrogen (secondary N) is 2. The Kier molecular flexibility index (Phi) is 7.01. The zero-order chi connectivity index (χ0) is 23.5. The molecule has 0 aromatic heterocycles. The summed E-state index contributed by atoms with van der Waals surface area (Å²) in [6, 6.07) is 11.9. The third-order valence-electron chi connectivity index (χ3n) is 5.35. The van der Waals surface area contributed by atoms with Crippen molar-refractivity contribution in [3.05, 3.63) is 59.7 Å². The summed E-state index contributed by atoms with van der Waals surface area (Å²) in [5.74, 6) is -0.259. The summed E-state index contributed by atoms with van der Waals surface area (Å²) in [5, 5.41) is 7.94. The van der Waals surface area contributed by atoms with Crippen molar-refractivity contribution in [3.63, 3.8) is 0 Å². The van der Waals surface area contributed by atoms with E-state index in [-0.39, 0.29) is 27.5 Å². The minimum Gasteiger partial charge on any atom is -0.354 e. The van der Waals surface area contributed by atoms with Crippen molar-refractivity contribution < 1.29 is 21.6 Å². The number of sulfonamides is 2. The fourth-order valence-electron chi connectivity index (χ4n) is 3.32. The molecule has 32 heavy (non-hydrogen) atoms. The summed E-state index contributed by atoms with van der Waals surface area (Å²) in [4.78, 5) is 17.5. The maximum absolute atomic E-state index is 12.9. The highest BCUT2D eigenvalue weighted by Gasteiger charge is 2.33. The molecule has 0 bridgehead atoms. The van der Waals surface area contributed by atoms with Gasteiger partial charge in [-0.2, -0.15) is 0 Å². The van der Waals surface area contributed by atoms with Crippen LogP contribution in [-0.4, -0.2) is 41.2 Å². The SMILES string of the molecule is CC[C@H](C)[C@H](N=C1NS(=O)(=O)c2ccccc21)C(=O)NCCc1ccc(S(N)(=O)=O)cc1. The van der Waals surface area contributed by atoms with E-state index in [2.05, 4.69) is 15.0 Å². The summed E-state index contributed by atoms with van der Waals surface area (Å²) in [6.45, 7) is 4.13. The number of primary sulfonamides is 1. The number of amidine groups is 1. The number of rotatable bonds is 8. The van der Waals surface area contributed by atoms with E-state index >= 15 is 0 Å². The molecule has 172 valence electrons. The lowest BCUT2D eigenvalue weighted by molar-refractivity contribution is -0.123. The average Bonchev–Trinajstić information content (AvgIpc) is 3.01. The van der Waals surface area contributed by atoms with E-state index in [1.165, 1.54) is 18.2 Å². The fraction of sp³-hybridized carbons (Fsp3) is 0.333. The minimum absolute atomic E-state index is 0.0252. The van der Waals surface area contributed by atoms with Crippen molar-refractivity contribution in [3.8, 4) is 0 Å². The smallest absolute Gasteiger partial charge is 0.263 e. The van der Waals surface area contributed by atoms with E-state index in [9.17, 15) is 21.6 Å². The molecule has 1 amide bonds. The molecule has 1 aliphatic heterocycles. The molecule has 11 heteroatoms. The summed E-state index contributed by atoms with van der Waals surface area (Å²) in [7, 11) is -7.44. The van der Waals surface area contributed by atoms with E-state index in [1.54, 1.807) is 30.3 Å². The van der Waals surface area contributed by atoms with Crippen molar-refractivity contribution >= 4 is 31.8 Å². The average molecular weight is 479 g/mol. The summed E-state index contributed by atoms with van der Waals surface area (Å²) in [6.07, 6.45) is 1.16. The van der Waals surface area contributed by atoms with Crippen LogP contribution < -0.4 is 15.2 Å². The number of fused-ring (bicyclic) bond motifs is 1. The standard InChI is InChI=1S/C21H26N4O5S2/c1-3-14(2)19(24-20-17-6-4-5-7-18(17)32(29,30)25-20)21(26)23-13-12-15-8-10-16(11-9-15)31(22,27)28/h4-11,14,19H,3,12-13H2,1-2H3,(H,23,26)(H,24,25)(H2,22,27,28)/t14-,19-/m0/s1. The second-order valence-corrected chi connectivity index (χ2v) is 10.9. The molecular formula is C21H26N4O5S2. The zero-order valence-electron chi connectivity index (χ0n) is 17.8. The van der Waals surface area contributed by atoms with Gasteiger partial charge in [0.2, 0.25) is 15.9 Å². The van der Waals surface area contributed by atoms with Crippen molar-refractivity contribution in [2.75, 3.05) is 6.54 Å². The summed E-state index contributed by atoms with van der Waals surface area (Å²) in [5.41, 5.74) is 1.28. The molecule has 9 nitrogen and oxygen atoms in total. The van der Waals surface area contributed by atoms with Gasteiger partial charge in [-0.05, 0) is 42.2 Å². The number of benzene rings is 2. The second-order valence-electron chi connectivity index (χ2n) is 7.64. The summed E-state index contributed by atoms with van der Waals surface area (Å²) < 4.78 is 49.8. The van der Waals surface area contributed by atoms with Gasteiger partial charge in [-0.15, -0.1) is 0 Å². The number of hydrogen-bond donors (Lipinski definition) is 3. The van der Waals surface area contributed by atoms with E-state index < -0.39 is 26.1 Å². The van der Waals surface area contributed by atoms with Crippen molar-refractivity contribution in [2.24, 2.45) is 16.0 Å². The van der Waals surface area contributed by atoms with Crippen molar-refractivity contribution in [2.45, 2.75) is 42.5 Å². The predicted molar refractivity (Wildman–Crippen MR) is 121 cm³/mol. The van der Waals surface area contributed by atoms with Gasteiger partial charge in [0.25, 0.3) is 10.0 Å². The first-order valence-corrected chi connectivity index (χ1v) is 13.2. The highest BCUT2D eigenvalue weighted by Crippen LogP contribution is 2.24. The highest BCUT2D eigenvalue weighted by molar-refractivity contribution is 7.90. The second kappa shape index (κ2) is 9.39. The predicted octanol–water partition coefficient (Wildman–Crippen LogP) is 1.15. The van der Waals surface area contributed by atoms with Crippen LogP contribution in [0.5, 0.6) is 0 Å². The van der Waals surface area contributed by atoms with Crippen LogP contribution in [0.25, 0.3) is 0 Å². The molecule has 0 saturated carbocycles. The topological polar surface area (TPSA) is 148 Å². The Morgan fingerprint density at radius 1 is 1.16 bits per heavy atom. The third-order valence-corrected chi connectivity index (χ3v) is 7.67. The molecule has 0 spiro atoms. The molecule has 2 aromatic rings. The van der Waals surface area contributed by atoms with E-state index in [0.29, 0.717) is 24.9 Å². The van der Waals surface area contributed by atoms with Crippen molar-refractivity contribution in [1.29, 1.82) is 0 Å². The lowest BCUT2D eigenvalue weighted by Crippen LogP contribution is -2.40. The number of nitrogens with zero attached hydrogens (tertiary/aromatic N) is 1. The van der Waals surface area contributed by atoms with Gasteiger partial charge in [0.1, 0.15) is 11.9 Å². The van der Waals surface area contributed by atoms with Gasteiger partial charge in [-0.3, -0.25) is 14.5 Å². The molecule has 1 heterocycles. The number of aliphatic imine (C=N–C) groups is 1. The van der Waals surface area contributed by atoms with Crippen LogP contribution in [0.4, 0.5) is 0 Å². The number of hydrogen-bond acceptors (Lipinski definition) is 6. The lowest BCUT2D eigenvalue weighted by Gasteiger charge is -2.19. The molecule has 0 radical (unpaired) electrons. The Morgan fingerprint density at radius 2 is 1.81 bits per heavy atom. The lowest BCUT2D eigenvalue weighted by atomic mass is 9.98. The first-order valence-electron chi connectivity index (χ1n) is 10.1. The van der Waals surface area contributed by atoms with Gasteiger partial charge in [0, 0.05) is 12.1 Å². The van der Waals surface area contributed by atoms with Crippen LogP contribution >= 0.6 is 0 Å². The van der Waals surface area contributed by atoms with Gasteiger partial charge in [0.05, 0.1) is 9.79 Å². The van der Waals surface area contributed by atoms with Gasteiger partial charge in [-0.1, -0.05) is 44.5 Å². The molecule has 0 fully saturated rings. The molecule has 2 atom stereocenters. The molecule has 0 aliphatic carbocycles. The Morgan fingerprint density at radius 3 is 2.44 bits per heavy atom. The molecule has 3 rings (SSSR count). The van der Waals surface area contributed by atoms with E-state index in [0.717, 1.165) is 5.56 Å². The minimum atomic E-state index is -3.75. The van der Waals surface area contributed by atoms with Gasteiger partial charge >= 0.3 is 0 Å². The largest absolute Gasteiger partial charge is 0.354 e. The van der Waals surface area contributed by atoms with E-state index in [1.807, 2.05) is 13.8 Å². The zero-order valence-corrected chi connectivity index (χ0v) is 19.4. The van der Waals surface area contributed by atoms with Crippen LogP contribution in [0.2, 0.25) is 0 Å². The molecule has 4 N–H and O–H groups in total. The van der Waals surface area contributed by atoms with Crippen LogP contribution in [0.1, 0.15) is 31.4 Å². The molecule has 0 unspecified atom stereocenters. The van der Waals surface area contributed by atoms with Crippen LogP contribution in [0.3, 0.4) is 0 Å². The molecule has 0 saturated heterocycles. The van der Waals surface area contributed by atoms with Crippen LogP contribution in [0.15, 0.2) is 63.3 Å². The Balaban J connectivity index is 1.72. The normalized spacial score (nSPS) is 17.9. The maximum Gasteiger partial charge on any atom is 0.263 e. The third kappa shape index (κ3) is 5.34. The highest BCUT2D eigenvalue weighted by atomic mass is 32.2. The first kappa shape index (κ1) is 23.9. The molecular weight excluding hydrogens is 452 g/mol.